The zero-order chi connectivity index (χ0) is 30.3. The van der Waals surface area contributed by atoms with Crippen LogP contribution >= 0.6 is 0 Å². The normalized spacial score (nSPS) is 11.6. The molecular weight excluding hydrogens is 564 g/mol. The summed E-state index contributed by atoms with van der Waals surface area (Å²) in [5.41, 5.74) is 0. The van der Waals surface area contributed by atoms with Crippen LogP contribution in [0.25, 0.3) is 0 Å². The van der Waals surface area contributed by atoms with Gasteiger partial charge in [0.1, 0.15) is 6.79 Å². The molecule has 0 spiro atoms. The van der Waals surface area contributed by atoms with E-state index in [2.05, 4.69) is 0 Å². The summed E-state index contributed by atoms with van der Waals surface area (Å²) in [5, 5.41) is 17.1. The maximum Gasteiger partial charge on any atom is 0.146 e. The molecule has 0 unspecified atom stereocenters. The van der Waals surface area contributed by atoms with Gasteiger partial charge < -0.3 is 71.8 Å². The highest BCUT2D eigenvalue weighted by molar-refractivity contribution is 4.39. The number of hydrogen-bond donors (Lipinski definition) is 2. The molecule has 0 fully saturated rings. The molecule has 0 saturated carbocycles. The summed E-state index contributed by atoms with van der Waals surface area (Å²) in [6.07, 6.45) is 0. The fraction of sp³-hybridized carbons (Fsp3) is 1.00. The van der Waals surface area contributed by atoms with Gasteiger partial charge >= 0.3 is 0 Å². The standard InChI is InChI=1S/C27H56O15/c28-1-3-30-5-6-32-7-8-33-9-10-34-11-12-35-13-14-36-15-16-37-17-18-38-19-20-39-21-22-40-24-26-42-27-41-25-23-31-4-2-29/h28-29H,1-27H2. The monoisotopic (exact) mass is 620 g/mol. The Morgan fingerprint density at radius 1 is 0.190 bits per heavy atom. The first-order chi connectivity index (χ1) is 20.9. The quantitative estimate of drug-likeness (QED) is 0.0645. The lowest BCUT2D eigenvalue weighted by Gasteiger charge is -2.09. The van der Waals surface area contributed by atoms with Gasteiger partial charge in [-0.05, 0) is 0 Å². The van der Waals surface area contributed by atoms with Crippen molar-refractivity contribution in [2.24, 2.45) is 0 Å². The molecule has 254 valence electrons. The summed E-state index contributed by atoms with van der Waals surface area (Å²) in [7, 11) is 0. The summed E-state index contributed by atoms with van der Waals surface area (Å²) in [5.74, 6) is 0. The topological polar surface area (TPSA) is 160 Å². The molecule has 0 atom stereocenters. The van der Waals surface area contributed by atoms with Crippen LogP contribution in [0.5, 0.6) is 0 Å². The highest BCUT2D eigenvalue weighted by Crippen LogP contribution is 1.87. The van der Waals surface area contributed by atoms with Crippen molar-refractivity contribution in [1.29, 1.82) is 0 Å². The zero-order valence-electron chi connectivity index (χ0n) is 25.3. The Bertz CT molecular complexity index is 425. The smallest absolute Gasteiger partial charge is 0.146 e. The number of ether oxygens (including phenoxy) is 13. The molecule has 0 aliphatic rings. The number of aliphatic hydroxyl groups excluding tert-OH is 2. The second-order valence-corrected chi connectivity index (χ2v) is 8.12. The second kappa shape index (κ2) is 40.4. The van der Waals surface area contributed by atoms with Gasteiger partial charge in [0, 0.05) is 0 Å². The van der Waals surface area contributed by atoms with E-state index in [1.807, 2.05) is 0 Å². The van der Waals surface area contributed by atoms with Gasteiger partial charge in [0.2, 0.25) is 0 Å². The Kier molecular flexibility index (Phi) is 39.8. The van der Waals surface area contributed by atoms with E-state index in [1.54, 1.807) is 0 Å². The van der Waals surface area contributed by atoms with E-state index >= 15 is 0 Å². The van der Waals surface area contributed by atoms with Gasteiger partial charge in [-0.3, -0.25) is 0 Å². The molecular formula is C27H56O15. The van der Waals surface area contributed by atoms with Crippen molar-refractivity contribution < 1.29 is 71.8 Å². The Morgan fingerprint density at radius 3 is 0.500 bits per heavy atom. The fourth-order valence-corrected chi connectivity index (χ4v) is 2.72. The van der Waals surface area contributed by atoms with Crippen LogP contribution in [0.3, 0.4) is 0 Å². The lowest BCUT2D eigenvalue weighted by molar-refractivity contribution is -0.0851. The van der Waals surface area contributed by atoms with Crippen molar-refractivity contribution >= 4 is 0 Å². The van der Waals surface area contributed by atoms with Crippen molar-refractivity contribution in [3.05, 3.63) is 0 Å². The van der Waals surface area contributed by atoms with Crippen LogP contribution in [-0.2, 0) is 61.6 Å². The van der Waals surface area contributed by atoms with E-state index in [0.717, 1.165) is 0 Å². The van der Waals surface area contributed by atoms with Crippen LogP contribution < -0.4 is 0 Å². The third-order valence-electron chi connectivity index (χ3n) is 4.73. The molecule has 0 amide bonds. The first kappa shape index (κ1) is 41.4. The summed E-state index contributed by atoms with van der Waals surface area (Å²) >= 11 is 0. The Balaban J connectivity index is 3.02. The molecule has 0 radical (unpaired) electrons. The lowest BCUT2D eigenvalue weighted by atomic mass is 10.6. The van der Waals surface area contributed by atoms with Gasteiger partial charge in [-0.2, -0.15) is 0 Å². The summed E-state index contributed by atoms with van der Waals surface area (Å²) in [6.45, 7) is 11.5. The fourth-order valence-electron chi connectivity index (χ4n) is 2.72. The van der Waals surface area contributed by atoms with E-state index in [-0.39, 0.29) is 20.0 Å². The van der Waals surface area contributed by atoms with E-state index < -0.39 is 0 Å². The molecule has 0 aromatic rings. The highest BCUT2D eigenvalue weighted by atomic mass is 16.7. The Hall–Kier alpha value is -0.600. The van der Waals surface area contributed by atoms with Gasteiger partial charge in [-0.1, -0.05) is 0 Å². The Labute approximate surface area is 250 Å². The molecule has 0 aliphatic carbocycles. The SMILES string of the molecule is OCCOCCOCCOCCOCCOCCOCCOCCOCCOCCOCCOCOCCOCCO. The van der Waals surface area contributed by atoms with E-state index in [1.165, 1.54) is 0 Å². The summed E-state index contributed by atoms with van der Waals surface area (Å²) in [4.78, 5) is 0. The van der Waals surface area contributed by atoms with E-state index in [9.17, 15) is 0 Å². The molecule has 0 aromatic carbocycles. The van der Waals surface area contributed by atoms with E-state index in [4.69, 9.17) is 71.8 Å². The maximum atomic E-state index is 8.57. The van der Waals surface area contributed by atoms with Crippen molar-refractivity contribution in [2.75, 3.05) is 179 Å². The van der Waals surface area contributed by atoms with Crippen molar-refractivity contribution in [2.45, 2.75) is 0 Å². The van der Waals surface area contributed by atoms with Crippen molar-refractivity contribution in [3.63, 3.8) is 0 Å². The number of rotatable bonds is 39. The maximum absolute atomic E-state index is 8.57. The zero-order valence-corrected chi connectivity index (χ0v) is 25.3. The minimum absolute atomic E-state index is 0.0106. The first-order valence-corrected chi connectivity index (χ1v) is 14.6. The van der Waals surface area contributed by atoms with Crippen LogP contribution in [0.1, 0.15) is 0 Å². The molecule has 42 heavy (non-hydrogen) atoms. The lowest BCUT2D eigenvalue weighted by Crippen LogP contribution is -2.15. The molecule has 2 N–H and O–H groups in total. The summed E-state index contributed by atoms with van der Waals surface area (Å²) < 4.78 is 69.3. The van der Waals surface area contributed by atoms with Gasteiger partial charge in [0.15, 0.2) is 0 Å². The molecule has 15 heteroatoms. The van der Waals surface area contributed by atoms with Crippen LogP contribution in [-0.4, -0.2) is 189 Å². The van der Waals surface area contributed by atoms with E-state index in [0.29, 0.717) is 159 Å². The minimum Gasteiger partial charge on any atom is -0.394 e. The van der Waals surface area contributed by atoms with Crippen LogP contribution in [0, 0.1) is 0 Å². The molecule has 0 heterocycles. The van der Waals surface area contributed by atoms with Gasteiger partial charge in [-0.15, -0.1) is 0 Å². The summed E-state index contributed by atoms with van der Waals surface area (Å²) in [6, 6.07) is 0. The van der Waals surface area contributed by atoms with Crippen LogP contribution in [0.4, 0.5) is 0 Å². The average Bonchev–Trinajstić information content (AvgIpc) is 3.00. The second-order valence-electron chi connectivity index (χ2n) is 8.12. The van der Waals surface area contributed by atoms with Crippen LogP contribution in [0.15, 0.2) is 0 Å². The molecule has 0 saturated heterocycles. The predicted molar refractivity (Wildman–Crippen MR) is 150 cm³/mol. The Morgan fingerprint density at radius 2 is 0.333 bits per heavy atom. The van der Waals surface area contributed by atoms with Crippen LogP contribution in [0.2, 0.25) is 0 Å². The third-order valence-corrected chi connectivity index (χ3v) is 4.73. The number of hydrogen-bond acceptors (Lipinski definition) is 15. The molecule has 0 aromatic heterocycles. The average molecular weight is 621 g/mol. The minimum atomic E-state index is 0.0106. The molecule has 15 nitrogen and oxygen atoms in total. The van der Waals surface area contributed by atoms with Crippen molar-refractivity contribution in [3.8, 4) is 0 Å². The molecule has 0 aliphatic heterocycles. The highest BCUT2D eigenvalue weighted by Gasteiger charge is 1.96. The largest absolute Gasteiger partial charge is 0.394 e. The third kappa shape index (κ3) is 39.4. The predicted octanol–water partition coefficient (Wildman–Crippen LogP) is -0.856. The van der Waals surface area contributed by atoms with Gasteiger partial charge in [0.05, 0.1) is 172 Å². The molecule has 0 bridgehead atoms. The first-order valence-electron chi connectivity index (χ1n) is 14.6. The number of aliphatic hydroxyl groups is 2. The van der Waals surface area contributed by atoms with Gasteiger partial charge in [-0.25, -0.2) is 0 Å². The molecule has 0 rings (SSSR count). The van der Waals surface area contributed by atoms with Crippen molar-refractivity contribution in [1.82, 2.24) is 0 Å². The van der Waals surface area contributed by atoms with Gasteiger partial charge in [0.25, 0.3) is 0 Å².